The molecule has 235 valence electrons. The van der Waals surface area contributed by atoms with E-state index in [-0.39, 0.29) is 12.0 Å². The number of aromatic amines is 1. The Morgan fingerprint density at radius 2 is 1.90 bits per heavy atom. The molecular formula is C18H25BF2N5O12P3S-3. The molecule has 42 heavy (non-hydrogen) atoms. The Hall–Kier alpha value is -1.62. The van der Waals surface area contributed by atoms with Crippen LogP contribution in [0.1, 0.15) is 39.0 Å². The Bertz CT molecular complexity index is 1500. The summed E-state index contributed by atoms with van der Waals surface area (Å²) in [5.41, 5.74) is 6.52. The summed E-state index contributed by atoms with van der Waals surface area (Å²) >= 11 is 0.567. The molecule has 3 radical (unpaired) electrons. The maximum absolute atomic E-state index is 14.5. The van der Waals surface area contributed by atoms with Crippen LogP contribution in [0, 0.1) is 12.3 Å². The first-order valence-electron chi connectivity index (χ1n) is 11.6. The minimum atomic E-state index is -6.97. The number of ether oxygens (including phenoxy) is 1. The third kappa shape index (κ3) is 8.96. The van der Waals surface area contributed by atoms with Crippen LogP contribution < -0.4 is 21.0 Å². The Morgan fingerprint density at radius 3 is 2.48 bits per heavy atom. The van der Waals surface area contributed by atoms with Crippen molar-refractivity contribution >= 4 is 47.1 Å². The van der Waals surface area contributed by atoms with E-state index in [4.69, 9.17) is 17.8 Å². The molecular weight excluding hydrogens is 652 g/mol. The average Bonchev–Trinajstić information content (AvgIpc) is 3.24. The largest absolute Gasteiger partial charge is 0.774 e. The minimum Gasteiger partial charge on any atom is -0.774 e. The molecule has 2 rings (SSSR count). The van der Waals surface area contributed by atoms with Gasteiger partial charge in [0.1, 0.15) is 6.23 Å². The SMILES string of the molecule is [B-]P(=O)(OC[C@H]1O[C@@H](n2cc(C)c(=O)[nH]c2=O)C[C@H]1N=[N+]=[N-])OP(=O)([O-])C(F)(F)P(=O)([O-])OCCSC(=O)C(C)(C)C. The van der Waals surface area contributed by atoms with Crippen molar-refractivity contribution in [1.29, 1.82) is 0 Å². The number of nitrogens with zero attached hydrogens (tertiary/aromatic N) is 4. The van der Waals surface area contributed by atoms with Gasteiger partial charge in [0.2, 0.25) is 15.2 Å². The lowest BCUT2D eigenvalue weighted by atomic mass is 10.00. The fraction of sp³-hybridized carbons (Fsp3) is 0.722. The molecule has 17 nitrogen and oxygen atoms in total. The van der Waals surface area contributed by atoms with E-state index in [1.807, 2.05) is 4.98 Å². The van der Waals surface area contributed by atoms with Crippen molar-refractivity contribution in [1.82, 2.24) is 9.55 Å². The van der Waals surface area contributed by atoms with Crippen molar-refractivity contribution in [3.05, 3.63) is 43.0 Å². The van der Waals surface area contributed by atoms with E-state index in [9.17, 15) is 46.6 Å². The zero-order valence-corrected chi connectivity index (χ0v) is 25.9. The summed E-state index contributed by atoms with van der Waals surface area (Å²) in [5, 5.41) is -2.76. The third-order valence-corrected chi connectivity index (χ3v) is 12.2. The first kappa shape index (κ1) is 36.6. The standard InChI is InChI=1S/C18H27BF2N5O12P3S/c1-10-8-26(16(29)23-14(10)27)13-7-11(24-25-22)12(37-13)9-36-41(19,34)38-40(32,33)18(20,21)39(30,31)35-5-6-42-15(28)17(2,3)4/h8,11-13H,5-7,9H2,1-4H3,(H,30,31)(H,32,33)(H,23,27,29)/q-1/p-2/t11-,12-,13-,41?/m1/s1. The number of aryl methyl sites for hydroxylation is 1. The summed E-state index contributed by atoms with van der Waals surface area (Å²) in [4.78, 5) is 64.3. The smallest absolute Gasteiger partial charge is 0.368 e. The second-order valence-corrected chi connectivity index (χ2v) is 16.5. The molecule has 6 atom stereocenters. The Balaban J connectivity index is 2.09. The Labute approximate surface area is 242 Å². The van der Waals surface area contributed by atoms with E-state index in [2.05, 4.69) is 23.4 Å². The molecule has 1 aliphatic heterocycles. The van der Waals surface area contributed by atoms with E-state index in [0.717, 1.165) is 10.8 Å². The fourth-order valence-corrected chi connectivity index (χ4v) is 8.39. The lowest BCUT2D eigenvalue weighted by molar-refractivity contribution is -0.232. The van der Waals surface area contributed by atoms with E-state index in [0.29, 0.717) is 11.8 Å². The van der Waals surface area contributed by atoms with Crippen LogP contribution in [0.15, 0.2) is 20.9 Å². The van der Waals surface area contributed by atoms with Crippen molar-refractivity contribution in [2.45, 2.75) is 57.9 Å². The van der Waals surface area contributed by atoms with E-state index >= 15 is 0 Å². The number of azide groups is 1. The molecule has 2 heterocycles. The minimum absolute atomic E-state index is 0.113. The van der Waals surface area contributed by atoms with Crippen molar-refractivity contribution < 1.29 is 55.2 Å². The maximum Gasteiger partial charge on any atom is 0.368 e. The van der Waals surface area contributed by atoms with Gasteiger partial charge in [-0.1, -0.05) is 37.6 Å². The summed E-state index contributed by atoms with van der Waals surface area (Å²) in [6.07, 6.45) is -1.63. The number of halogens is 2. The zero-order valence-electron chi connectivity index (χ0n) is 22.4. The first-order chi connectivity index (χ1) is 19.0. The number of H-pyrrole nitrogens is 1. The molecule has 0 aromatic carbocycles. The van der Waals surface area contributed by atoms with E-state index < -0.39 is 87.2 Å². The lowest BCUT2D eigenvalue weighted by Crippen LogP contribution is -2.33. The highest BCUT2D eigenvalue weighted by Crippen LogP contribution is 2.75. The fourth-order valence-electron chi connectivity index (χ4n) is 3.16. The number of alkyl halides is 2. The van der Waals surface area contributed by atoms with Crippen molar-refractivity contribution in [2.24, 2.45) is 10.5 Å². The molecule has 0 aliphatic carbocycles. The van der Waals surface area contributed by atoms with Crippen LogP contribution in [0.4, 0.5) is 8.78 Å². The van der Waals surface area contributed by atoms with Crippen molar-refractivity contribution in [3.63, 3.8) is 0 Å². The van der Waals surface area contributed by atoms with E-state index in [1.54, 1.807) is 20.8 Å². The quantitative estimate of drug-likeness (QED) is 0.0785. The zero-order chi connectivity index (χ0) is 32.3. The summed E-state index contributed by atoms with van der Waals surface area (Å²) in [7, 11) is -14.0. The highest BCUT2D eigenvalue weighted by Gasteiger charge is 2.54. The number of hydrogen-bond acceptors (Lipinski definition) is 14. The molecule has 0 spiro atoms. The first-order valence-corrected chi connectivity index (χ1v) is 17.3. The molecule has 1 aliphatic rings. The molecule has 1 aromatic heterocycles. The van der Waals surface area contributed by atoms with Gasteiger partial charge < -0.3 is 44.8 Å². The number of carbonyl (C=O) groups is 1. The van der Waals surface area contributed by atoms with Gasteiger partial charge >= 0.3 is 11.1 Å². The van der Waals surface area contributed by atoms with Crippen molar-refractivity contribution in [2.75, 3.05) is 19.0 Å². The Kier molecular flexibility index (Phi) is 11.8. The normalized spacial score (nSPS) is 23.8. The monoisotopic (exact) mass is 677 g/mol. The predicted octanol–water partition coefficient (Wildman–Crippen LogP) is 2.10. The molecule has 0 saturated carbocycles. The van der Waals surface area contributed by atoms with Gasteiger partial charge in [0.15, 0.2) is 5.12 Å². The van der Waals surface area contributed by atoms with Crippen LogP contribution in [0.5, 0.6) is 0 Å². The van der Waals surface area contributed by atoms with Gasteiger partial charge in [0, 0.05) is 34.3 Å². The number of rotatable bonds is 13. The van der Waals surface area contributed by atoms with Gasteiger partial charge in [-0.15, -0.1) is 0 Å². The summed E-state index contributed by atoms with van der Waals surface area (Å²) < 4.78 is 84.4. The summed E-state index contributed by atoms with van der Waals surface area (Å²) in [6.45, 7) is 4.04. The molecule has 3 unspecified atom stereocenters. The number of aromatic nitrogens is 2. The maximum atomic E-state index is 14.5. The predicted molar refractivity (Wildman–Crippen MR) is 141 cm³/mol. The second-order valence-electron chi connectivity index (χ2n) is 9.76. The van der Waals surface area contributed by atoms with E-state index in [1.165, 1.54) is 6.92 Å². The van der Waals surface area contributed by atoms with Crippen LogP contribution in [0.2, 0.25) is 0 Å². The van der Waals surface area contributed by atoms with Gasteiger partial charge in [0.05, 0.1) is 32.8 Å². The number of thioether (sulfide) groups is 1. The highest BCUT2D eigenvalue weighted by molar-refractivity contribution is 8.13. The molecule has 0 bridgehead atoms. The van der Waals surface area contributed by atoms with Crippen LogP contribution in [-0.2, 0) is 36.6 Å². The van der Waals surface area contributed by atoms with Gasteiger partial charge in [-0.05, 0) is 12.5 Å². The number of nitrogens with one attached hydrogen (secondary N) is 1. The van der Waals surface area contributed by atoms with Crippen molar-refractivity contribution in [3.8, 4) is 0 Å². The molecule has 0 amide bonds. The van der Waals surface area contributed by atoms with Crippen LogP contribution in [0.3, 0.4) is 0 Å². The Morgan fingerprint density at radius 1 is 1.29 bits per heavy atom. The van der Waals surface area contributed by atoms with Gasteiger partial charge in [-0.25, -0.2) is 4.79 Å². The molecule has 1 aromatic rings. The lowest BCUT2D eigenvalue weighted by Gasteiger charge is -2.42. The summed E-state index contributed by atoms with van der Waals surface area (Å²) in [5.74, 6) is -0.416. The molecule has 24 heteroatoms. The second kappa shape index (κ2) is 13.6. The number of carbonyl (C=O) groups excluding carboxylic acids is 1. The van der Waals surface area contributed by atoms with Crippen LogP contribution in [0.25, 0.3) is 10.4 Å². The topological polar surface area (TPSA) is 255 Å². The van der Waals surface area contributed by atoms with Crippen LogP contribution >= 0.6 is 34.4 Å². The van der Waals surface area contributed by atoms with Gasteiger partial charge in [-0.3, -0.25) is 23.5 Å². The number of hydrogen-bond donors (Lipinski definition) is 1. The molecule has 1 fully saturated rings. The van der Waals surface area contributed by atoms with Gasteiger partial charge in [-0.2, -0.15) is 8.78 Å². The molecule has 1 N–H and O–H groups in total. The summed E-state index contributed by atoms with van der Waals surface area (Å²) in [6, 6.07) is -1.15. The van der Waals surface area contributed by atoms with Gasteiger partial charge in [0.25, 0.3) is 5.56 Å². The average molecular weight is 677 g/mol. The third-order valence-electron chi connectivity index (χ3n) is 5.35. The highest BCUT2D eigenvalue weighted by atomic mass is 32.2. The molecule has 1 saturated heterocycles. The van der Waals surface area contributed by atoms with Crippen LogP contribution in [-0.4, -0.2) is 58.7 Å².